The second-order valence-corrected chi connectivity index (χ2v) is 5.29. The van der Waals surface area contributed by atoms with Gasteiger partial charge in [-0.05, 0) is 12.8 Å². The topological polar surface area (TPSA) is 86.3 Å². The summed E-state index contributed by atoms with van der Waals surface area (Å²) >= 11 is 0. The molecule has 6 heteroatoms. The summed E-state index contributed by atoms with van der Waals surface area (Å²) in [5.74, 6) is 0. The van der Waals surface area contributed by atoms with Crippen molar-refractivity contribution < 1.29 is 9.85 Å². The third kappa shape index (κ3) is 27.9. The van der Waals surface area contributed by atoms with Crippen LogP contribution in [0.25, 0.3) is 0 Å². The second kappa shape index (κ2) is 18.8. The monoisotopic (exact) mass is 304 g/mol. The fourth-order valence-corrected chi connectivity index (χ4v) is 1.87. The molecule has 0 spiro atoms. The highest BCUT2D eigenvalue weighted by Gasteiger charge is 1.96. The van der Waals surface area contributed by atoms with Crippen molar-refractivity contribution in [3.63, 3.8) is 0 Å². The van der Waals surface area contributed by atoms with E-state index in [1.54, 1.807) is 0 Å². The van der Waals surface area contributed by atoms with Gasteiger partial charge in [0.15, 0.2) is 0 Å². The molecule has 0 fully saturated rings. The van der Waals surface area contributed by atoms with Crippen molar-refractivity contribution in [3.05, 3.63) is 20.2 Å². The first-order valence-corrected chi connectivity index (χ1v) is 8.28. The third-order valence-electron chi connectivity index (χ3n) is 3.14. The van der Waals surface area contributed by atoms with Gasteiger partial charge in [-0.2, -0.15) is 0 Å². The molecule has 0 aliphatic rings. The van der Waals surface area contributed by atoms with E-state index in [-0.39, 0.29) is 22.9 Å². The molecule has 0 aliphatic heterocycles. The number of rotatable bonds is 13. The lowest BCUT2D eigenvalue weighted by molar-refractivity contribution is -0.480. The Morgan fingerprint density at radius 2 is 0.857 bits per heavy atom. The molecule has 126 valence electrons. The number of nitro groups is 2. The maximum atomic E-state index is 9.89. The van der Waals surface area contributed by atoms with Gasteiger partial charge in [-0.1, -0.05) is 58.8 Å². The number of hydrogen-bond donors (Lipinski definition) is 0. The molecule has 0 heterocycles. The SMILES string of the molecule is CCCCCCCC[N+](=O)[O-].CCCCCCC[N+](=O)[O-]. The van der Waals surface area contributed by atoms with Crippen LogP contribution in [0.3, 0.4) is 0 Å². The van der Waals surface area contributed by atoms with Gasteiger partial charge in [0.2, 0.25) is 13.1 Å². The van der Waals surface area contributed by atoms with Gasteiger partial charge in [0.05, 0.1) is 0 Å². The van der Waals surface area contributed by atoms with Gasteiger partial charge in [0.1, 0.15) is 0 Å². The zero-order valence-corrected chi connectivity index (χ0v) is 13.7. The summed E-state index contributed by atoms with van der Waals surface area (Å²) in [6.45, 7) is 4.58. The van der Waals surface area contributed by atoms with E-state index in [4.69, 9.17) is 0 Å². The van der Waals surface area contributed by atoms with Gasteiger partial charge in [0, 0.05) is 22.7 Å². The molecule has 0 saturated carbocycles. The van der Waals surface area contributed by atoms with E-state index in [0.717, 1.165) is 38.5 Å². The Balaban J connectivity index is 0. The van der Waals surface area contributed by atoms with Crippen LogP contribution in [-0.2, 0) is 0 Å². The average molecular weight is 304 g/mol. The average Bonchev–Trinajstić information content (AvgIpc) is 2.42. The van der Waals surface area contributed by atoms with E-state index < -0.39 is 0 Å². The first kappa shape index (κ1) is 22.1. The predicted octanol–water partition coefficient (Wildman–Crippen LogP) is 4.86. The zero-order valence-electron chi connectivity index (χ0n) is 13.7. The quantitative estimate of drug-likeness (QED) is 0.276. The maximum Gasteiger partial charge on any atom is 0.203 e. The van der Waals surface area contributed by atoms with Crippen LogP contribution < -0.4 is 0 Å². The molecule has 0 N–H and O–H groups in total. The molecule has 0 saturated heterocycles. The van der Waals surface area contributed by atoms with Crippen LogP contribution in [-0.4, -0.2) is 22.9 Å². The standard InChI is InChI=1S/C8H17NO2.C7H15NO2/c1-2-3-4-5-6-7-8-9(10)11;1-2-3-4-5-6-7-8(9)10/h2-8H2,1H3;2-7H2,1H3. The Morgan fingerprint density at radius 3 is 1.14 bits per heavy atom. The molecule has 0 unspecified atom stereocenters. The Hall–Kier alpha value is -1.20. The molecule has 0 aromatic carbocycles. The molecule has 0 amide bonds. The van der Waals surface area contributed by atoms with Crippen molar-refractivity contribution in [2.24, 2.45) is 0 Å². The molecule has 0 aromatic rings. The Labute approximate surface area is 128 Å². The summed E-state index contributed by atoms with van der Waals surface area (Å²) in [6.07, 6.45) is 11.9. The van der Waals surface area contributed by atoms with Crippen LogP contribution in [0, 0.1) is 20.2 Å². The number of unbranched alkanes of at least 4 members (excludes halogenated alkanes) is 9. The van der Waals surface area contributed by atoms with Crippen molar-refractivity contribution in [3.8, 4) is 0 Å². The molecule has 21 heavy (non-hydrogen) atoms. The van der Waals surface area contributed by atoms with Gasteiger partial charge in [-0.25, -0.2) is 0 Å². The highest BCUT2D eigenvalue weighted by atomic mass is 16.6. The molecule has 0 rings (SSSR count). The van der Waals surface area contributed by atoms with Crippen LogP contribution in [0.15, 0.2) is 0 Å². The predicted molar refractivity (Wildman–Crippen MR) is 85.9 cm³/mol. The molecule has 0 bridgehead atoms. The Kier molecular flexibility index (Phi) is 19.8. The minimum Gasteiger partial charge on any atom is -0.265 e. The van der Waals surface area contributed by atoms with Crippen molar-refractivity contribution in [1.29, 1.82) is 0 Å². The van der Waals surface area contributed by atoms with Crippen molar-refractivity contribution in [1.82, 2.24) is 0 Å². The number of nitrogens with zero attached hydrogens (tertiary/aromatic N) is 2. The molecule has 6 nitrogen and oxygen atoms in total. The summed E-state index contributed by atoms with van der Waals surface area (Å²) in [7, 11) is 0. The molecule has 0 atom stereocenters. The molecule has 0 aromatic heterocycles. The van der Waals surface area contributed by atoms with E-state index >= 15 is 0 Å². The van der Waals surface area contributed by atoms with Gasteiger partial charge in [0.25, 0.3) is 0 Å². The van der Waals surface area contributed by atoms with Gasteiger partial charge in [-0.15, -0.1) is 0 Å². The fourth-order valence-electron chi connectivity index (χ4n) is 1.87. The van der Waals surface area contributed by atoms with E-state index in [0.29, 0.717) is 0 Å². The Morgan fingerprint density at radius 1 is 0.571 bits per heavy atom. The zero-order chi connectivity index (χ0) is 16.3. The molecular formula is C15H32N2O4. The Bertz CT molecular complexity index is 248. The summed E-state index contributed by atoms with van der Waals surface area (Å²) in [5, 5.41) is 19.7. The van der Waals surface area contributed by atoms with Gasteiger partial charge >= 0.3 is 0 Å². The summed E-state index contributed by atoms with van der Waals surface area (Å²) in [5.41, 5.74) is 0. The van der Waals surface area contributed by atoms with Crippen LogP contribution in [0.5, 0.6) is 0 Å². The summed E-state index contributed by atoms with van der Waals surface area (Å²) in [6, 6.07) is 0. The fraction of sp³-hybridized carbons (Fsp3) is 1.00. The van der Waals surface area contributed by atoms with Crippen molar-refractivity contribution in [2.45, 2.75) is 84.5 Å². The lowest BCUT2D eigenvalue weighted by Crippen LogP contribution is -1.99. The minimum atomic E-state index is -0.244. The van der Waals surface area contributed by atoms with Crippen LogP contribution in [0.4, 0.5) is 0 Å². The van der Waals surface area contributed by atoms with Crippen LogP contribution in [0.1, 0.15) is 84.5 Å². The molecule has 0 radical (unpaired) electrons. The molecular weight excluding hydrogens is 272 g/mol. The number of hydrogen-bond acceptors (Lipinski definition) is 4. The summed E-state index contributed by atoms with van der Waals surface area (Å²) < 4.78 is 0. The van der Waals surface area contributed by atoms with E-state index in [2.05, 4.69) is 13.8 Å². The van der Waals surface area contributed by atoms with E-state index in [1.165, 1.54) is 32.1 Å². The van der Waals surface area contributed by atoms with Crippen molar-refractivity contribution >= 4 is 0 Å². The lowest BCUT2D eigenvalue weighted by Gasteiger charge is -1.96. The van der Waals surface area contributed by atoms with E-state index in [1.807, 2.05) is 0 Å². The van der Waals surface area contributed by atoms with Crippen LogP contribution in [0.2, 0.25) is 0 Å². The third-order valence-corrected chi connectivity index (χ3v) is 3.14. The first-order valence-electron chi connectivity index (χ1n) is 8.28. The van der Waals surface area contributed by atoms with E-state index in [9.17, 15) is 20.2 Å². The highest BCUT2D eigenvalue weighted by molar-refractivity contribution is 4.42. The highest BCUT2D eigenvalue weighted by Crippen LogP contribution is 2.04. The van der Waals surface area contributed by atoms with Crippen LogP contribution >= 0.6 is 0 Å². The first-order chi connectivity index (χ1) is 10.0. The summed E-state index contributed by atoms with van der Waals surface area (Å²) in [4.78, 5) is 19.3. The van der Waals surface area contributed by atoms with Gasteiger partial charge in [-0.3, -0.25) is 20.2 Å². The maximum absolute atomic E-state index is 9.89. The molecule has 0 aliphatic carbocycles. The normalized spacial score (nSPS) is 9.81. The largest absolute Gasteiger partial charge is 0.265 e. The minimum absolute atomic E-state index is 0.143. The smallest absolute Gasteiger partial charge is 0.203 e. The van der Waals surface area contributed by atoms with Crippen molar-refractivity contribution in [2.75, 3.05) is 13.1 Å². The van der Waals surface area contributed by atoms with Gasteiger partial charge < -0.3 is 0 Å². The lowest BCUT2D eigenvalue weighted by atomic mass is 10.1. The second-order valence-electron chi connectivity index (χ2n) is 5.29.